The van der Waals surface area contributed by atoms with Gasteiger partial charge in [-0.2, -0.15) is 0 Å². The van der Waals surface area contributed by atoms with E-state index in [-0.39, 0.29) is 23.8 Å². The Morgan fingerprint density at radius 1 is 0.895 bits per heavy atom. The summed E-state index contributed by atoms with van der Waals surface area (Å²) in [7, 11) is 0. The topological polar surface area (TPSA) is 43.4 Å². The molecule has 4 rings (SSSR count). The molecule has 3 nitrogen and oxygen atoms in total. The zero-order valence-corrected chi connectivity index (χ0v) is 11.1. The lowest BCUT2D eigenvalue weighted by atomic mass is 9.89. The van der Waals surface area contributed by atoms with Crippen LogP contribution >= 0.6 is 0 Å². The predicted molar refractivity (Wildman–Crippen MR) is 68.9 cm³/mol. The second kappa shape index (κ2) is 4.19. The molecule has 0 radical (unpaired) electrons. The Labute approximate surface area is 113 Å². The van der Waals surface area contributed by atoms with Crippen LogP contribution in [0.25, 0.3) is 0 Å². The Morgan fingerprint density at radius 3 is 2.32 bits per heavy atom. The fraction of sp³-hybridized carbons (Fsp3) is 0.750. The maximum Gasteiger partial charge on any atom is 0.317 e. The molecule has 19 heavy (non-hydrogen) atoms. The van der Waals surface area contributed by atoms with Gasteiger partial charge in [0.1, 0.15) is 0 Å². The van der Waals surface area contributed by atoms with Crippen molar-refractivity contribution in [3.8, 4) is 0 Å². The third kappa shape index (κ3) is 1.86. The van der Waals surface area contributed by atoms with Gasteiger partial charge in [0.25, 0.3) is 0 Å². The van der Waals surface area contributed by atoms with Gasteiger partial charge in [0.15, 0.2) is 0 Å². The van der Waals surface area contributed by atoms with Crippen molar-refractivity contribution in [2.45, 2.75) is 38.5 Å². The Hall–Kier alpha value is -1.12. The molecule has 0 aromatic rings. The highest BCUT2D eigenvalue weighted by atomic mass is 16.6. The monoisotopic (exact) mass is 260 g/mol. The maximum atomic E-state index is 12.1. The van der Waals surface area contributed by atoms with E-state index in [0.717, 1.165) is 25.7 Å². The fourth-order valence-corrected chi connectivity index (χ4v) is 4.84. The number of hydrogen-bond acceptors (Lipinski definition) is 3. The number of carbonyl (C=O) groups is 2. The highest BCUT2D eigenvalue weighted by Gasteiger charge is 2.46. The van der Waals surface area contributed by atoms with Crippen LogP contribution in [0.4, 0.5) is 0 Å². The van der Waals surface area contributed by atoms with E-state index < -0.39 is 0 Å². The van der Waals surface area contributed by atoms with Gasteiger partial charge in [-0.15, -0.1) is 0 Å². The fourth-order valence-electron chi connectivity index (χ4n) is 4.84. The first-order chi connectivity index (χ1) is 9.20. The molecule has 0 aromatic heterocycles. The van der Waals surface area contributed by atoms with Crippen LogP contribution in [0.2, 0.25) is 0 Å². The molecule has 0 aliphatic heterocycles. The van der Waals surface area contributed by atoms with Gasteiger partial charge < -0.3 is 4.74 Å². The minimum absolute atomic E-state index is 0.0110. The van der Waals surface area contributed by atoms with Crippen molar-refractivity contribution in [1.82, 2.24) is 0 Å². The summed E-state index contributed by atoms with van der Waals surface area (Å²) in [5.74, 6) is 1.53. The number of ether oxygens (including phenoxy) is 1. The predicted octanol–water partition coefficient (Wildman–Crippen LogP) is 2.70. The van der Waals surface area contributed by atoms with E-state index in [9.17, 15) is 9.59 Å². The Morgan fingerprint density at radius 2 is 1.74 bits per heavy atom. The number of allylic oxidation sites excluding steroid dienone is 2. The second-order valence-electron chi connectivity index (χ2n) is 6.91. The first-order valence-electron chi connectivity index (χ1n) is 7.64. The van der Waals surface area contributed by atoms with Crippen molar-refractivity contribution in [2.75, 3.05) is 0 Å². The quantitative estimate of drug-likeness (QED) is 0.435. The van der Waals surface area contributed by atoms with Crippen LogP contribution in [-0.4, -0.2) is 11.9 Å². The molecule has 0 amide bonds. The van der Waals surface area contributed by atoms with E-state index in [2.05, 4.69) is 12.2 Å². The van der Waals surface area contributed by atoms with Crippen molar-refractivity contribution < 1.29 is 14.3 Å². The molecule has 3 heteroatoms. The van der Waals surface area contributed by atoms with Crippen LogP contribution in [0, 0.1) is 35.5 Å². The molecule has 0 N–H and O–H groups in total. The molecule has 4 aliphatic carbocycles. The first kappa shape index (κ1) is 11.7. The smallest absolute Gasteiger partial charge is 0.317 e. The number of hydrogen-bond donors (Lipinski definition) is 0. The average Bonchev–Trinajstić information content (AvgIpc) is 3.17. The van der Waals surface area contributed by atoms with Crippen LogP contribution < -0.4 is 0 Å². The van der Waals surface area contributed by atoms with Crippen LogP contribution in [0.15, 0.2) is 12.2 Å². The summed E-state index contributed by atoms with van der Waals surface area (Å²) in [5.41, 5.74) is 0. The normalized spacial score (nSPS) is 45.9. The summed E-state index contributed by atoms with van der Waals surface area (Å²) in [5, 5.41) is 0. The van der Waals surface area contributed by atoms with Crippen molar-refractivity contribution in [2.24, 2.45) is 35.5 Å². The Balaban J connectivity index is 1.38. The largest absolute Gasteiger partial charge is 0.393 e. The van der Waals surface area contributed by atoms with E-state index in [1.165, 1.54) is 12.8 Å². The molecule has 0 aromatic carbocycles. The highest BCUT2D eigenvalue weighted by molar-refractivity contribution is 5.88. The van der Waals surface area contributed by atoms with E-state index in [1.807, 2.05) is 0 Å². The van der Waals surface area contributed by atoms with E-state index in [4.69, 9.17) is 4.74 Å². The van der Waals surface area contributed by atoms with Crippen molar-refractivity contribution >= 4 is 11.9 Å². The van der Waals surface area contributed by atoms with Gasteiger partial charge in [-0.25, -0.2) is 0 Å². The molecule has 6 unspecified atom stereocenters. The number of carbonyl (C=O) groups excluding carboxylic acids is 2. The second-order valence-corrected chi connectivity index (χ2v) is 6.91. The molecular formula is C16H20O3. The standard InChI is InChI=1S/C16H20O3/c17-15(13-7-9-1-3-11(13)5-9)19-16(18)14-8-10-2-4-12(14)6-10/h1,3,9-14H,2,4-8H2. The van der Waals surface area contributed by atoms with Crippen molar-refractivity contribution in [3.63, 3.8) is 0 Å². The van der Waals surface area contributed by atoms with Crippen LogP contribution in [0.1, 0.15) is 38.5 Å². The summed E-state index contributed by atoms with van der Waals surface area (Å²) < 4.78 is 5.21. The SMILES string of the molecule is O=C(OC(=O)C1CC2CCC1C2)C1CC2C=CC1C2. The van der Waals surface area contributed by atoms with Crippen LogP contribution in [0.3, 0.4) is 0 Å². The third-order valence-corrected chi connectivity index (χ3v) is 5.82. The lowest BCUT2D eigenvalue weighted by Crippen LogP contribution is -2.30. The zero-order chi connectivity index (χ0) is 13.0. The van der Waals surface area contributed by atoms with Gasteiger partial charge in [-0.3, -0.25) is 9.59 Å². The van der Waals surface area contributed by atoms with Gasteiger partial charge >= 0.3 is 11.9 Å². The Bertz CT molecular complexity index is 453. The zero-order valence-electron chi connectivity index (χ0n) is 11.1. The van der Waals surface area contributed by atoms with Gasteiger partial charge in [0.2, 0.25) is 0 Å². The molecule has 0 spiro atoms. The van der Waals surface area contributed by atoms with E-state index in [0.29, 0.717) is 23.7 Å². The van der Waals surface area contributed by atoms with Crippen LogP contribution in [0.5, 0.6) is 0 Å². The van der Waals surface area contributed by atoms with E-state index >= 15 is 0 Å². The molecule has 0 heterocycles. The summed E-state index contributed by atoms with van der Waals surface area (Å²) in [4.78, 5) is 24.3. The molecule has 6 atom stereocenters. The van der Waals surface area contributed by atoms with E-state index in [1.54, 1.807) is 0 Å². The van der Waals surface area contributed by atoms with Gasteiger partial charge in [-0.1, -0.05) is 18.6 Å². The summed E-state index contributed by atoms with van der Waals surface area (Å²) >= 11 is 0. The van der Waals surface area contributed by atoms with Crippen molar-refractivity contribution in [3.05, 3.63) is 12.2 Å². The minimum Gasteiger partial charge on any atom is -0.393 e. The van der Waals surface area contributed by atoms with Gasteiger partial charge in [-0.05, 0) is 55.8 Å². The summed E-state index contributed by atoms with van der Waals surface area (Å²) in [6.45, 7) is 0. The lowest BCUT2D eigenvalue weighted by Gasteiger charge is -2.21. The molecule has 3 fully saturated rings. The van der Waals surface area contributed by atoms with Crippen molar-refractivity contribution in [1.29, 1.82) is 0 Å². The molecule has 0 saturated heterocycles. The molecule has 4 aliphatic rings. The third-order valence-electron chi connectivity index (χ3n) is 5.82. The Kier molecular flexibility index (Phi) is 2.58. The maximum absolute atomic E-state index is 12.1. The molecule has 102 valence electrons. The summed E-state index contributed by atoms with van der Waals surface area (Å²) in [6.07, 6.45) is 10.8. The number of rotatable bonds is 2. The number of fused-ring (bicyclic) bond motifs is 4. The summed E-state index contributed by atoms with van der Waals surface area (Å²) in [6, 6.07) is 0. The van der Waals surface area contributed by atoms with Gasteiger partial charge in [0.05, 0.1) is 11.8 Å². The molecule has 3 saturated carbocycles. The lowest BCUT2D eigenvalue weighted by molar-refractivity contribution is -0.167. The molecule has 4 bridgehead atoms. The average molecular weight is 260 g/mol. The minimum atomic E-state index is -0.260. The number of esters is 2. The first-order valence-corrected chi connectivity index (χ1v) is 7.64. The molecular weight excluding hydrogens is 240 g/mol. The highest BCUT2D eigenvalue weighted by Crippen LogP contribution is 2.49. The van der Waals surface area contributed by atoms with Crippen LogP contribution in [-0.2, 0) is 14.3 Å². The van der Waals surface area contributed by atoms with Gasteiger partial charge in [0, 0.05) is 0 Å².